The molecule has 0 bridgehead atoms. The molecule has 0 unspecified atom stereocenters. The van der Waals surface area contributed by atoms with Crippen molar-refractivity contribution in [2.45, 2.75) is 52.4 Å². The van der Waals surface area contributed by atoms with Gasteiger partial charge in [-0.3, -0.25) is 4.99 Å². The highest BCUT2D eigenvalue weighted by Gasteiger charge is 2.36. The fourth-order valence-corrected chi connectivity index (χ4v) is 2.75. The zero-order valence-electron chi connectivity index (χ0n) is 14.7. The van der Waals surface area contributed by atoms with Crippen molar-refractivity contribution in [2.24, 2.45) is 10.4 Å². The molecule has 0 saturated heterocycles. The van der Waals surface area contributed by atoms with E-state index in [0.717, 1.165) is 64.7 Å². The maximum absolute atomic E-state index is 5.35. The van der Waals surface area contributed by atoms with Crippen LogP contribution in [0.25, 0.3) is 0 Å². The summed E-state index contributed by atoms with van der Waals surface area (Å²) < 4.78 is 10.6. The number of nitrogens with zero attached hydrogens (tertiary/aromatic N) is 1. The predicted molar refractivity (Wildman–Crippen MR) is 92.5 cm³/mol. The van der Waals surface area contributed by atoms with Gasteiger partial charge in [-0.2, -0.15) is 0 Å². The minimum Gasteiger partial charge on any atom is -0.385 e. The van der Waals surface area contributed by atoms with Crippen LogP contribution in [0.1, 0.15) is 52.4 Å². The molecule has 0 aromatic heterocycles. The van der Waals surface area contributed by atoms with Gasteiger partial charge in [0, 0.05) is 46.6 Å². The molecule has 0 radical (unpaired) electrons. The number of hydrogen-bond donors (Lipinski definition) is 2. The SMILES string of the molecule is CCNC(=NCC1(CCOC)CCC1)NCCCCOCC. The number of ether oxygens (including phenoxy) is 2. The minimum atomic E-state index is 0.382. The highest BCUT2D eigenvalue weighted by atomic mass is 16.5. The van der Waals surface area contributed by atoms with Crippen LogP contribution in [0.5, 0.6) is 0 Å². The first-order valence-corrected chi connectivity index (χ1v) is 8.85. The lowest BCUT2D eigenvalue weighted by Crippen LogP contribution is -2.40. The maximum Gasteiger partial charge on any atom is 0.191 e. The first-order valence-electron chi connectivity index (χ1n) is 8.85. The van der Waals surface area contributed by atoms with E-state index < -0.39 is 0 Å². The third kappa shape index (κ3) is 7.45. The van der Waals surface area contributed by atoms with E-state index in [1.807, 2.05) is 6.92 Å². The molecule has 1 saturated carbocycles. The van der Waals surface area contributed by atoms with E-state index in [0.29, 0.717) is 5.41 Å². The number of rotatable bonds is 12. The molecule has 0 aromatic carbocycles. The van der Waals surface area contributed by atoms with E-state index in [1.54, 1.807) is 7.11 Å². The predicted octanol–water partition coefficient (Wildman–Crippen LogP) is 2.57. The molecule has 1 aliphatic rings. The van der Waals surface area contributed by atoms with Gasteiger partial charge in [-0.1, -0.05) is 6.42 Å². The molecule has 130 valence electrons. The molecule has 5 nitrogen and oxygen atoms in total. The Morgan fingerprint density at radius 1 is 1.14 bits per heavy atom. The Kier molecular flexibility index (Phi) is 10.2. The van der Waals surface area contributed by atoms with Crippen LogP contribution in [0, 0.1) is 5.41 Å². The summed E-state index contributed by atoms with van der Waals surface area (Å²) in [7, 11) is 1.78. The van der Waals surface area contributed by atoms with Crippen molar-refractivity contribution >= 4 is 5.96 Å². The van der Waals surface area contributed by atoms with E-state index in [2.05, 4.69) is 17.6 Å². The quantitative estimate of drug-likeness (QED) is 0.330. The van der Waals surface area contributed by atoms with Gasteiger partial charge in [-0.05, 0) is 51.4 Å². The van der Waals surface area contributed by atoms with Gasteiger partial charge in [-0.15, -0.1) is 0 Å². The molecule has 0 atom stereocenters. The Bertz CT molecular complexity index is 304. The van der Waals surface area contributed by atoms with Crippen molar-refractivity contribution in [3.63, 3.8) is 0 Å². The van der Waals surface area contributed by atoms with E-state index >= 15 is 0 Å². The maximum atomic E-state index is 5.35. The first kappa shape index (κ1) is 19.2. The van der Waals surface area contributed by atoms with Gasteiger partial charge in [0.05, 0.1) is 0 Å². The highest BCUT2D eigenvalue weighted by Crippen LogP contribution is 2.44. The largest absolute Gasteiger partial charge is 0.385 e. The minimum absolute atomic E-state index is 0.382. The summed E-state index contributed by atoms with van der Waals surface area (Å²) in [4.78, 5) is 4.80. The summed E-state index contributed by atoms with van der Waals surface area (Å²) in [5, 5.41) is 6.76. The van der Waals surface area contributed by atoms with Crippen LogP contribution in [-0.2, 0) is 9.47 Å². The van der Waals surface area contributed by atoms with E-state index in [-0.39, 0.29) is 0 Å². The standard InChI is InChI=1S/C17H35N3O2/c1-4-18-16(19-12-6-7-13-22-5-2)20-15-17(9-8-10-17)11-14-21-3/h4-15H2,1-3H3,(H2,18,19,20). The number of unbranched alkanes of at least 4 members (excludes halogenated alkanes) is 1. The van der Waals surface area contributed by atoms with Crippen LogP contribution in [0.2, 0.25) is 0 Å². The van der Waals surface area contributed by atoms with Crippen LogP contribution in [0.15, 0.2) is 4.99 Å². The average Bonchev–Trinajstić information content (AvgIpc) is 2.49. The lowest BCUT2D eigenvalue weighted by Gasteiger charge is -2.40. The van der Waals surface area contributed by atoms with E-state index in [1.165, 1.54) is 19.3 Å². The van der Waals surface area contributed by atoms with Crippen LogP contribution in [-0.4, -0.2) is 52.5 Å². The number of aliphatic imine (C=N–C) groups is 1. The number of methoxy groups -OCH3 is 1. The lowest BCUT2D eigenvalue weighted by molar-refractivity contribution is 0.0778. The fraction of sp³-hybridized carbons (Fsp3) is 0.941. The normalized spacial score (nSPS) is 17.1. The molecule has 0 aromatic rings. The Balaban J connectivity index is 2.31. The van der Waals surface area contributed by atoms with Gasteiger partial charge in [-0.25, -0.2) is 0 Å². The van der Waals surface area contributed by atoms with Gasteiger partial charge in [0.25, 0.3) is 0 Å². The van der Waals surface area contributed by atoms with Crippen LogP contribution in [0.3, 0.4) is 0 Å². The summed E-state index contributed by atoms with van der Waals surface area (Å²) >= 11 is 0. The Morgan fingerprint density at radius 2 is 1.95 bits per heavy atom. The van der Waals surface area contributed by atoms with Crippen molar-refractivity contribution in [3.05, 3.63) is 0 Å². The molecule has 2 N–H and O–H groups in total. The van der Waals surface area contributed by atoms with Crippen molar-refractivity contribution in [1.82, 2.24) is 10.6 Å². The van der Waals surface area contributed by atoms with Gasteiger partial charge >= 0.3 is 0 Å². The van der Waals surface area contributed by atoms with E-state index in [9.17, 15) is 0 Å². The van der Waals surface area contributed by atoms with Crippen molar-refractivity contribution < 1.29 is 9.47 Å². The molecule has 1 rings (SSSR count). The van der Waals surface area contributed by atoms with Crippen LogP contribution in [0.4, 0.5) is 0 Å². The Morgan fingerprint density at radius 3 is 2.55 bits per heavy atom. The summed E-state index contributed by atoms with van der Waals surface area (Å²) in [6.45, 7) is 9.40. The molecule has 0 amide bonds. The fourth-order valence-electron chi connectivity index (χ4n) is 2.75. The molecular weight excluding hydrogens is 278 g/mol. The van der Waals surface area contributed by atoms with Gasteiger partial charge in [0.15, 0.2) is 5.96 Å². The summed E-state index contributed by atoms with van der Waals surface area (Å²) in [6, 6.07) is 0. The third-order valence-electron chi connectivity index (χ3n) is 4.38. The Labute approximate surface area is 136 Å². The molecule has 1 aliphatic carbocycles. The smallest absolute Gasteiger partial charge is 0.191 e. The molecule has 5 heteroatoms. The summed E-state index contributed by atoms with van der Waals surface area (Å²) in [6.07, 6.45) is 7.24. The summed E-state index contributed by atoms with van der Waals surface area (Å²) in [5.74, 6) is 0.947. The second-order valence-electron chi connectivity index (χ2n) is 6.12. The number of hydrogen-bond acceptors (Lipinski definition) is 3. The van der Waals surface area contributed by atoms with Crippen molar-refractivity contribution in [1.29, 1.82) is 0 Å². The van der Waals surface area contributed by atoms with E-state index in [4.69, 9.17) is 14.5 Å². The van der Waals surface area contributed by atoms with Crippen LogP contribution >= 0.6 is 0 Å². The zero-order chi connectivity index (χ0) is 16.1. The van der Waals surface area contributed by atoms with Crippen molar-refractivity contribution in [3.8, 4) is 0 Å². The monoisotopic (exact) mass is 313 g/mol. The van der Waals surface area contributed by atoms with Crippen LogP contribution < -0.4 is 10.6 Å². The zero-order valence-corrected chi connectivity index (χ0v) is 14.7. The molecular formula is C17H35N3O2. The van der Waals surface area contributed by atoms with Gasteiger partial charge in [0.1, 0.15) is 0 Å². The first-order chi connectivity index (χ1) is 10.8. The second-order valence-corrected chi connectivity index (χ2v) is 6.12. The lowest BCUT2D eigenvalue weighted by atomic mass is 9.67. The second kappa shape index (κ2) is 11.7. The number of nitrogens with one attached hydrogen (secondary N) is 2. The van der Waals surface area contributed by atoms with Crippen molar-refractivity contribution in [2.75, 3.05) is 46.6 Å². The topological polar surface area (TPSA) is 54.9 Å². The average molecular weight is 313 g/mol. The molecule has 0 aliphatic heterocycles. The molecule has 1 fully saturated rings. The molecule has 22 heavy (non-hydrogen) atoms. The molecule has 0 heterocycles. The van der Waals surface area contributed by atoms with Gasteiger partial charge < -0.3 is 20.1 Å². The number of guanidine groups is 1. The summed E-state index contributed by atoms with van der Waals surface area (Å²) in [5.41, 5.74) is 0.382. The molecule has 0 spiro atoms. The Hall–Kier alpha value is -0.810. The van der Waals surface area contributed by atoms with Gasteiger partial charge in [0.2, 0.25) is 0 Å². The third-order valence-corrected chi connectivity index (χ3v) is 4.38. The highest BCUT2D eigenvalue weighted by molar-refractivity contribution is 5.79.